The quantitative estimate of drug-likeness (QED) is 0.873. The molecule has 1 aromatic rings. The van der Waals surface area contributed by atoms with Crippen molar-refractivity contribution in [3.05, 3.63) is 23.8 Å². The standard InChI is InChI=1S/C15H21N3O2/c1-17-6-4-12(5-7-17)18-13-3-2-11(9-16)8-14(13)20-10-15(18)19/h2-3,8,12H,4-7,9-10,16H2,1H3. The Bertz CT molecular complexity index is 510. The van der Waals surface area contributed by atoms with E-state index in [0.717, 1.165) is 42.9 Å². The van der Waals surface area contributed by atoms with Crippen LogP contribution in [0.2, 0.25) is 0 Å². The first-order chi connectivity index (χ1) is 9.69. The highest BCUT2D eigenvalue weighted by Crippen LogP contribution is 2.36. The molecule has 0 spiro atoms. The molecule has 2 heterocycles. The van der Waals surface area contributed by atoms with Crippen LogP contribution in [-0.4, -0.2) is 43.6 Å². The minimum atomic E-state index is 0.0625. The van der Waals surface area contributed by atoms with Crippen molar-refractivity contribution in [2.75, 3.05) is 31.6 Å². The Morgan fingerprint density at radius 2 is 2.10 bits per heavy atom. The molecular formula is C15H21N3O2. The smallest absolute Gasteiger partial charge is 0.265 e. The van der Waals surface area contributed by atoms with Gasteiger partial charge in [0.15, 0.2) is 6.61 Å². The zero-order valence-corrected chi connectivity index (χ0v) is 11.8. The molecule has 2 N–H and O–H groups in total. The number of carbonyl (C=O) groups excluding carboxylic acids is 1. The molecule has 0 aromatic heterocycles. The van der Waals surface area contributed by atoms with E-state index in [2.05, 4.69) is 11.9 Å². The fourth-order valence-corrected chi connectivity index (χ4v) is 3.00. The lowest BCUT2D eigenvalue weighted by atomic mass is 10.0. The van der Waals surface area contributed by atoms with Crippen molar-refractivity contribution in [3.63, 3.8) is 0 Å². The van der Waals surface area contributed by atoms with Crippen LogP contribution in [0.15, 0.2) is 18.2 Å². The van der Waals surface area contributed by atoms with Crippen LogP contribution in [0.1, 0.15) is 18.4 Å². The Balaban J connectivity index is 1.89. The van der Waals surface area contributed by atoms with Gasteiger partial charge in [0.1, 0.15) is 5.75 Å². The van der Waals surface area contributed by atoms with Crippen molar-refractivity contribution in [2.45, 2.75) is 25.4 Å². The van der Waals surface area contributed by atoms with Gasteiger partial charge in [0.05, 0.1) is 5.69 Å². The first-order valence-corrected chi connectivity index (χ1v) is 7.15. The second-order valence-electron chi connectivity index (χ2n) is 5.59. The van der Waals surface area contributed by atoms with Crippen LogP contribution in [0.3, 0.4) is 0 Å². The third-order valence-electron chi connectivity index (χ3n) is 4.19. The van der Waals surface area contributed by atoms with E-state index < -0.39 is 0 Å². The summed E-state index contributed by atoms with van der Waals surface area (Å²) in [6, 6.07) is 6.17. The summed E-state index contributed by atoms with van der Waals surface area (Å²) in [7, 11) is 2.12. The zero-order valence-electron chi connectivity index (χ0n) is 11.8. The van der Waals surface area contributed by atoms with E-state index >= 15 is 0 Å². The molecule has 0 unspecified atom stereocenters. The second-order valence-corrected chi connectivity index (χ2v) is 5.59. The molecule has 1 aromatic carbocycles. The lowest BCUT2D eigenvalue weighted by molar-refractivity contribution is -0.122. The van der Waals surface area contributed by atoms with E-state index in [4.69, 9.17) is 10.5 Å². The number of ether oxygens (including phenoxy) is 1. The molecule has 0 radical (unpaired) electrons. The highest BCUT2D eigenvalue weighted by Gasteiger charge is 2.33. The topological polar surface area (TPSA) is 58.8 Å². The van der Waals surface area contributed by atoms with Crippen molar-refractivity contribution in [2.24, 2.45) is 5.73 Å². The monoisotopic (exact) mass is 275 g/mol. The molecule has 3 rings (SSSR count). The van der Waals surface area contributed by atoms with Gasteiger partial charge in [0.25, 0.3) is 5.91 Å². The lowest BCUT2D eigenvalue weighted by Crippen LogP contribution is -2.50. The maximum atomic E-state index is 12.3. The Kier molecular flexibility index (Phi) is 3.63. The molecule has 5 heteroatoms. The number of carbonyl (C=O) groups is 1. The van der Waals surface area contributed by atoms with Gasteiger partial charge in [-0.1, -0.05) is 6.07 Å². The summed E-state index contributed by atoms with van der Waals surface area (Å²) >= 11 is 0. The van der Waals surface area contributed by atoms with Gasteiger partial charge in [0, 0.05) is 12.6 Å². The minimum absolute atomic E-state index is 0.0625. The van der Waals surface area contributed by atoms with Gasteiger partial charge < -0.3 is 20.3 Å². The van der Waals surface area contributed by atoms with Crippen molar-refractivity contribution in [3.8, 4) is 5.75 Å². The molecule has 0 aliphatic carbocycles. The third-order valence-corrected chi connectivity index (χ3v) is 4.19. The summed E-state index contributed by atoms with van der Waals surface area (Å²) in [5.41, 5.74) is 7.59. The lowest BCUT2D eigenvalue weighted by Gasteiger charge is -2.39. The molecule has 108 valence electrons. The number of piperidine rings is 1. The maximum Gasteiger partial charge on any atom is 0.265 e. The molecule has 20 heavy (non-hydrogen) atoms. The van der Waals surface area contributed by atoms with E-state index in [0.29, 0.717) is 6.54 Å². The number of nitrogens with zero attached hydrogens (tertiary/aromatic N) is 2. The predicted molar refractivity (Wildman–Crippen MR) is 77.8 cm³/mol. The largest absolute Gasteiger partial charge is 0.482 e. The highest BCUT2D eigenvalue weighted by atomic mass is 16.5. The number of anilines is 1. The Hall–Kier alpha value is -1.59. The second kappa shape index (κ2) is 5.42. The molecule has 0 bridgehead atoms. The van der Waals surface area contributed by atoms with Gasteiger partial charge in [-0.3, -0.25) is 4.79 Å². The SMILES string of the molecule is CN1CCC(N2C(=O)COc3cc(CN)ccc32)CC1. The number of hydrogen-bond acceptors (Lipinski definition) is 4. The molecule has 0 saturated carbocycles. The van der Waals surface area contributed by atoms with Gasteiger partial charge >= 0.3 is 0 Å². The Morgan fingerprint density at radius 1 is 1.35 bits per heavy atom. The molecule has 2 aliphatic heterocycles. The van der Waals surface area contributed by atoms with Crippen LogP contribution in [0.4, 0.5) is 5.69 Å². The zero-order chi connectivity index (χ0) is 14.1. The summed E-state index contributed by atoms with van der Waals surface area (Å²) in [6.45, 7) is 2.68. The van der Waals surface area contributed by atoms with E-state index in [1.807, 2.05) is 23.1 Å². The maximum absolute atomic E-state index is 12.3. The first-order valence-electron chi connectivity index (χ1n) is 7.15. The van der Waals surface area contributed by atoms with Crippen LogP contribution >= 0.6 is 0 Å². The van der Waals surface area contributed by atoms with Crippen LogP contribution in [0.5, 0.6) is 5.75 Å². The number of likely N-dealkylation sites (tertiary alicyclic amines) is 1. The van der Waals surface area contributed by atoms with E-state index in [9.17, 15) is 4.79 Å². The van der Waals surface area contributed by atoms with Crippen molar-refractivity contribution in [1.82, 2.24) is 4.90 Å². The number of hydrogen-bond donors (Lipinski definition) is 1. The van der Waals surface area contributed by atoms with Crippen molar-refractivity contribution < 1.29 is 9.53 Å². The molecule has 2 aliphatic rings. The molecule has 0 atom stereocenters. The average molecular weight is 275 g/mol. The van der Waals surface area contributed by atoms with Gasteiger partial charge in [0.2, 0.25) is 0 Å². The number of nitrogens with two attached hydrogens (primary N) is 1. The molecule has 5 nitrogen and oxygen atoms in total. The average Bonchev–Trinajstić information content (AvgIpc) is 2.48. The summed E-state index contributed by atoms with van der Waals surface area (Å²) < 4.78 is 5.56. The number of rotatable bonds is 2. The van der Waals surface area contributed by atoms with Gasteiger partial charge in [-0.15, -0.1) is 0 Å². The van der Waals surface area contributed by atoms with E-state index in [1.54, 1.807) is 0 Å². The fraction of sp³-hybridized carbons (Fsp3) is 0.533. The van der Waals surface area contributed by atoms with Gasteiger partial charge in [-0.2, -0.15) is 0 Å². The number of benzene rings is 1. The first kappa shape index (κ1) is 13.4. The van der Waals surface area contributed by atoms with Crippen LogP contribution in [0, 0.1) is 0 Å². The molecule has 1 saturated heterocycles. The van der Waals surface area contributed by atoms with Gasteiger partial charge in [-0.05, 0) is 50.7 Å². The summed E-state index contributed by atoms with van der Waals surface area (Å²) in [5, 5.41) is 0. The highest BCUT2D eigenvalue weighted by molar-refractivity contribution is 5.98. The number of amides is 1. The molecule has 1 amide bonds. The summed E-state index contributed by atoms with van der Waals surface area (Å²) in [5.74, 6) is 0.846. The molecular weight excluding hydrogens is 254 g/mol. The van der Waals surface area contributed by atoms with E-state index in [1.165, 1.54) is 0 Å². The van der Waals surface area contributed by atoms with Crippen LogP contribution < -0.4 is 15.4 Å². The third kappa shape index (κ3) is 2.39. The van der Waals surface area contributed by atoms with Crippen molar-refractivity contribution in [1.29, 1.82) is 0 Å². The van der Waals surface area contributed by atoms with Crippen LogP contribution in [-0.2, 0) is 11.3 Å². The Labute approximate surface area is 119 Å². The summed E-state index contributed by atoms with van der Waals surface area (Å²) in [4.78, 5) is 16.5. The van der Waals surface area contributed by atoms with E-state index in [-0.39, 0.29) is 18.6 Å². The number of fused-ring (bicyclic) bond motifs is 1. The van der Waals surface area contributed by atoms with Gasteiger partial charge in [-0.25, -0.2) is 0 Å². The normalized spacial score (nSPS) is 20.7. The Morgan fingerprint density at radius 3 is 2.80 bits per heavy atom. The minimum Gasteiger partial charge on any atom is -0.482 e. The van der Waals surface area contributed by atoms with Crippen LogP contribution in [0.25, 0.3) is 0 Å². The van der Waals surface area contributed by atoms with Crippen molar-refractivity contribution >= 4 is 11.6 Å². The summed E-state index contributed by atoms with van der Waals surface area (Å²) in [6.07, 6.45) is 2.03. The fourth-order valence-electron chi connectivity index (χ4n) is 3.00. The predicted octanol–water partition coefficient (Wildman–Crippen LogP) is 0.965. The molecule has 1 fully saturated rings.